The van der Waals surface area contributed by atoms with Crippen molar-refractivity contribution in [3.8, 4) is 5.75 Å². The third-order valence-corrected chi connectivity index (χ3v) is 4.63. The Morgan fingerprint density at radius 2 is 1.59 bits per heavy atom. The van der Waals surface area contributed by atoms with Gasteiger partial charge in [0.2, 0.25) is 5.91 Å². The highest BCUT2D eigenvalue weighted by atomic mass is 16.7. The van der Waals surface area contributed by atoms with Crippen LogP contribution in [-0.2, 0) is 27.2 Å². The monoisotopic (exact) mass is 443 g/mol. The van der Waals surface area contributed by atoms with Gasteiger partial charge in [-0.15, -0.1) is 0 Å². The van der Waals surface area contributed by atoms with Crippen molar-refractivity contribution >= 4 is 5.91 Å². The number of hydrogen-bond acceptors (Lipinski definition) is 6. The van der Waals surface area contributed by atoms with Crippen LogP contribution < -0.4 is 10.5 Å². The molecule has 0 saturated heterocycles. The van der Waals surface area contributed by atoms with Crippen molar-refractivity contribution in [1.29, 1.82) is 0 Å². The summed E-state index contributed by atoms with van der Waals surface area (Å²) in [6.07, 6.45) is 3.34. The van der Waals surface area contributed by atoms with Crippen molar-refractivity contribution in [1.82, 2.24) is 9.88 Å². The van der Waals surface area contributed by atoms with E-state index in [9.17, 15) is 4.79 Å². The standard InChI is InChI=1S/C25H37N3O4/c1-6-30-23(31-7-2)18-28(17-20-12-14-27-15-13-20)24(29)22(26)16-19-8-10-21(11-9-19)32-25(3,4)5/h8-15,22-23H,6-7,16-18,26H2,1-5H3/t22-/m0/s1. The van der Waals surface area contributed by atoms with E-state index < -0.39 is 12.3 Å². The van der Waals surface area contributed by atoms with Gasteiger partial charge in [0.15, 0.2) is 6.29 Å². The molecule has 32 heavy (non-hydrogen) atoms. The molecule has 0 aliphatic carbocycles. The summed E-state index contributed by atoms with van der Waals surface area (Å²) in [7, 11) is 0. The maximum Gasteiger partial charge on any atom is 0.240 e. The maximum atomic E-state index is 13.3. The molecule has 0 spiro atoms. The van der Waals surface area contributed by atoms with Crippen LogP contribution in [0, 0.1) is 0 Å². The average molecular weight is 444 g/mol. The summed E-state index contributed by atoms with van der Waals surface area (Å²) in [5.74, 6) is 0.637. The fraction of sp³-hybridized carbons (Fsp3) is 0.520. The van der Waals surface area contributed by atoms with Gasteiger partial charge in [-0.2, -0.15) is 0 Å². The number of ether oxygens (including phenoxy) is 3. The van der Waals surface area contributed by atoms with E-state index in [4.69, 9.17) is 19.9 Å². The zero-order chi connectivity index (χ0) is 23.6. The van der Waals surface area contributed by atoms with Crippen molar-refractivity contribution < 1.29 is 19.0 Å². The minimum atomic E-state index is -0.685. The number of hydrogen-bond donors (Lipinski definition) is 1. The zero-order valence-electron chi connectivity index (χ0n) is 19.9. The van der Waals surface area contributed by atoms with Crippen molar-refractivity contribution in [2.75, 3.05) is 19.8 Å². The lowest BCUT2D eigenvalue weighted by molar-refractivity contribution is -0.160. The molecule has 7 nitrogen and oxygen atoms in total. The summed E-state index contributed by atoms with van der Waals surface area (Å²) in [6, 6.07) is 10.8. The van der Waals surface area contributed by atoms with E-state index in [2.05, 4.69) is 4.98 Å². The van der Waals surface area contributed by atoms with Crippen LogP contribution in [0.5, 0.6) is 5.75 Å². The lowest BCUT2D eigenvalue weighted by Crippen LogP contribution is -2.48. The van der Waals surface area contributed by atoms with Gasteiger partial charge < -0.3 is 24.8 Å². The minimum absolute atomic E-state index is 0.152. The molecule has 1 aromatic heterocycles. The average Bonchev–Trinajstić information content (AvgIpc) is 2.74. The van der Waals surface area contributed by atoms with E-state index in [0.29, 0.717) is 32.7 Å². The molecule has 0 fully saturated rings. The highest BCUT2D eigenvalue weighted by Crippen LogP contribution is 2.19. The van der Waals surface area contributed by atoms with Crippen LogP contribution in [0.4, 0.5) is 0 Å². The van der Waals surface area contributed by atoms with Gasteiger partial charge in [0.05, 0.1) is 12.6 Å². The molecule has 0 aliphatic rings. The van der Waals surface area contributed by atoms with Crippen LogP contribution >= 0.6 is 0 Å². The second kappa shape index (κ2) is 12.5. The second-order valence-corrected chi connectivity index (χ2v) is 8.58. The lowest BCUT2D eigenvalue weighted by atomic mass is 10.0. The number of benzene rings is 1. The number of rotatable bonds is 12. The van der Waals surface area contributed by atoms with Gasteiger partial charge in [-0.3, -0.25) is 9.78 Å². The zero-order valence-corrected chi connectivity index (χ0v) is 19.9. The molecule has 0 bridgehead atoms. The second-order valence-electron chi connectivity index (χ2n) is 8.58. The maximum absolute atomic E-state index is 13.3. The Balaban J connectivity index is 2.10. The number of amides is 1. The number of nitrogens with two attached hydrogens (primary N) is 1. The highest BCUT2D eigenvalue weighted by Gasteiger charge is 2.25. The quantitative estimate of drug-likeness (QED) is 0.505. The molecule has 7 heteroatoms. The van der Waals surface area contributed by atoms with Gasteiger partial charge in [0, 0.05) is 32.2 Å². The Hall–Kier alpha value is -2.48. The minimum Gasteiger partial charge on any atom is -0.488 e. The topological polar surface area (TPSA) is 86.9 Å². The summed E-state index contributed by atoms with van der Waals surface area (Å²) in [6.45, 7) is 11.5. The van der Waals surface area contributed by atoms with Gasteiger partial charge in [0.25, 0.3) is 0 Å². The molecule has 0 radical (unpaired) electrons. The van der Waals surface area contributed by atoms with Crippen molar-refractivity contribution in [3.05, 3.63) is 59.9 Å². The van der Waals surface area contributed by atoms with Gasteiger partial charge in [0.1, 0.15) is 11.4 Å². The third-order valence-electron chi connectivity index (χ3n) is 4.63. The number of carbonyl (C=O) groups excluding carboxylic acids is 1. The van der Waals surface area contributed by atoms with Gasteiger partial charge in [-0.1, -0.05) is 12.1 Å². The number of carbonyl (C=O) groups is 1. The van der Waals surface area contributed by atoms with Crippen molar-refractivity contribution in [2.45, 2.75) is 65.5 Å². The first-order chi connectivity index (χ1) is 15.2. The molecule has 2 rings (SSSR count). The van der Waals surface area contributed by atoms with E-state index >= 15 is 0 Å². The predicted molar refractivity (Wildman–Crippen MR) is 125 cm³/mol. The molecule has 1 amide bonds. The Kier molecular flexibility index (Phi) is 10.1. The van der Waals surface area contributed by atoms with Crippen LogP contribution in [0.15, 0.2) is 48.8 Å². The number of nitrogens with zero attached hydrogens (tertiary/aromatic N) is 2. The van der Waals surface area contributed by atoms with Crippen LogP contribution in [0.1, 0.15) is 45.7 Å². The Bertz CT molecular complexity index is 800. The SMILES string of the molecule is CCOC(CN(Cc1ccncc1)C(=O)[C@@H](N)Cc1ccc(OC(C)(C)C)cc1)OCC. The Labute approximate surface area is 191 Å². The molecular formula is C25H37N3O4. The van der Waals surface area contributed by atoms with Gasteiger partial charge in [-0.05, 0) is 76.4 Å². The van der Waals surface area contributed by atoms with E-state index in [1.807, 2.05) is 71.0 Å². The summed E-state index contributed by atoms with van der Waals surface area (Å²) < 4.78 is 17.2. The summed E-state index contributed by atoms with van der Waals surface area (Å²) >= 11 is 0. The number of pyridine rings is 1. The summed E-state index contributed by atoms with van der Waals surface area (Å²) in [4.78, 5) is 19.1. The van der Waals surface area contributed by atoms with E-state index in [1.165, 1.54) is 0 Å². The molecule has 2 aromatic rings. The summed E-state index contributed by atoms with van der Waals surface area (Å²) in [5, 5.41) is 0. The first-order valence-electron chi connectivity index (χ1n) is 11.2. The van der Waals surface area contributed by atoms with Crippen LogP contribution in [-0.4, -0.2) is 53.5 Å². The van der Waals surface area contributed by atoms with E-state index in [-0.39, 0.29) is 11.5 Å². The molecule has 0 unspecified atom stereocenters. The smallest absolute Gasteiger partial charge is 0.240 e. The lowest BCUT2D eigenvalue weighted by Gasteiger charge is -2.29. The summed E-state index contributed by atoms with van der Waals surface area (Å²) in [5.41, 5.74) is 8.03. The third kappa shape index (κ3) is 8.94. The molecule has 176 valence electrons. The predicted octanol–water partition coefficient (Wildman–Crippen LogP) is 3.56. The normalized spacial score (nSPS) is 12.6. The molecule has 1 aromatic carbocycles. The highest BCUT2D eigenvalue weighted by molar-refractivity contribution is 5.82. The van der Waals surface area contributed by atoms with E-state index in [1.54, 1.807) is 17.3 Å². The Morgan fingerprint density at radius 1 is 1.00 bits per heavy atom. The molecule has 1 atom stereocenters. The molecular weight excluding hydrogens is 406 g/mol. The number of aromatic nitrogens is 1. The fourth-order valence-electron chi connectivity index (χ4n) is 3.27. The van der Waals surface area contributed by atoms with Crippen molar-refractivity contribution in [2.24, 2.45) is 5.73 Å². The van der Waals surface area contributed by atoms with E-state index in [0.717, 1.165) is 16.9 Å². The van der Waals surface area contributed by atoms with Crippen LogP contribution in [0.3, 0.4) is 0 Å². The largest absolute Gasteiger partial charge is 0.488 e. The molecule has 2 N–H and O–H groups in total. The molecule has 1 heterocycles. The van der Waals surface area contributed by atoms with Gasteiger partial charge >= 0.3 is 0 Å². The van der Waals surface area contributed by atoms with Crippen LogP contribution in [0.2, 0.25) is 0 Å². The molecule has 0 saturated carbocycles. The van der Waals surface area contributed by atoms with Crippen molar-refractivity contribution in [3.63, 3.8) is 0 Å². The first kappa shape index (κ1) is 25.8. The fourth-order valence-corrected chi connectivity index (χ4v) is 3.27. The van der Waals surface area contributed by atoms with Crippen LogP contribution in [0.25, 0.3) is 0 Å². The van der Waals surface area contributed by atoms with Gasteiger partial charge in [-0.25, -0.2) is 0 Å². The molecule has 0 aliphatic heterocycles. The Morgan fingerprint density at radius 3 is 2.12 bits per heavy atom. The first-order valence-corrected chi connectivity index (χ1v) is 11.2.